The quantitative estimate of drug-likeness (QED) is 0.441. The van der Waals surface area contributed by atoms with E-state index in [0.29, 0.717) is 12.6 Å². The molecule has 148 valence electrons. The molecule has 1 aliphatic heterocycles. The third kappa shape index (κ3) is 6.15. The summed E-state index contributed by atoms with van der Waals surface area (Å²) in [6.07, 6.45) is 10.5. The molecule has 0 aromatic carbocycles. The van der Waals surface area contributed by atoms with Gasteiger partial charge in [-0.15, -0.1) is 0 Å². The molecule has 0 amide bonds. The van der Waals surface area contributed by atoms with Crippen molar-refractivity contribution in [1.29, 1.82) is 0 Å². The minimum Gasteiger partial charge on any atom is -0.394 e. The zero-order valence-electron chi connectivity index (χ0n) is 15.5. The molecule has 0 aromatic rings. The number of hydrogen-bond donors (Lipinski definition) is 6. The lowest BCUT2D eigenvalue weighted by atomic mass is 9.83. The molecular formula is C19H38N2O4. The molecule has 0 bridgehead atoms. The van der Waals surface area contributed by atoms with Crippen LogP contribution in [0.2, 0.25) is 0 Å². The van der Waals surface area contributed by atoms with Crippen LogP contribution >= 0.6 is 0 Å². The minimum atomic E-state index is -1.23. The Balaban J connectivity index is 1.88. The van der Waals surface area contributed by atoms with Crippen LogP contribution in [-0.2, 0) is 0 Å². The van der Waals surface area contributed by atoms with E-state index in [1.165, 1.54) is 57.8 Å². The molecule has 4 atom stereocenters. The predicted molar refractivity (Wildman–Crippen MR) is 98.4 cm³/mol. The van der Waals surface area contributed by atoms with Crippen LogP contribution < -0.4 is 10.6 Å². The highest BCUT2D eigenvalue weighted by molar-refractivity contribution is 5.05. The summed E-state index contributed by atoms with van der Waals surface area (Å²) in [5.41, 5.74) is -0.998. The summed E-state index contributed by atoms with van der Waals surface area (Å²) in [6, 6.07) is 0.376. The Morgan fingerprint density at radius 1 is 0.840 bits per heavy atom. The van der Waals surface area contributed by atoms with E-state index in [2.05, 4.69) is 10.6 Å². The molecule has 25 heavy (non-hydrogen) atoms. The third-order valence-corrected chi connectivity index (χ3v) is 6.04. The Hall–Kier alpha value is -0.240. The van der Waals surface area contributed by atoms with Crippen LogP contribution in [0.4, 0.5) is 0 Å². The van der Waals surface area contributed by atoms with Gasteiger partial charge in [-0.3, -0.25) is 0 Å². The molecule has 0 radical (unpaired) electrons. The van der Waals surface area contributed by atoms with E-state index in [9.17, 15) is 20.4 Å². The maximum atomic E-state index is 10.4. The molecule has 6 N–H and O–H groups in total. The van der Waals surface area contributed by atoms with Gasteiger partial charge in [-0.05, 0) is 12.8 Å². The average molecular weight is 359 g/mol. The Bertz CT molecular complexity index is 359. The Kier molecular flexibility index (Phi) is 9.10. The molecule has 1 heterocycles. The molecule has 1 aliphatic carbocycles. The molecule has 1 saturated carbocycles. The van der Waals surface area contributed by atoms with Gasteiger partial charge in [-0.25, -0.2) is 0 Å². The van der Waals surface area contributed by atoms with Crippen LogP contribution in [0.3, 0.4) is 0 Å². The standard InChI is InChI=1S/C19H38N2O4/c22-14-19(18(25)17(24)16(23)12-21-19)13-20-15-10-8-6-4-2-1-3-5-7-9-11-15/h15-18,20-25H,1-14H2. The lowest BCUT2D eigenvalue weighted by molar-refractivity contribution is -0.132. The van der Waals surface area contributed by atoms with E-state index in [1.54, 1.807) is 0 Å². The third-order valence-electron chi connectivity index (χ3n) is 6.04. The molecule has 2 fully saturated rings. The second kappa shape index (κ2) is 10.8. The number of nitrogens with one attached hydrogen (secondary N) is 2. The fraction of sp³-hybridized carbons (Fsp3) is 1.00. The van der Waals surface area contributed by atoms with E-state index in [1.807, 2.05) is 0 Å². The van der Waals surface area contributed by atoms with E-state index in [0.717, 1.165) is 12.8 Å². The highest BCUT2D eigenvalue weighted by atomic mass is 16.4. The van der Waals surface area contributed by atoms with Gasteiger partial charge in [0, 0.05) is 19.1 Å². The molecule has 2 rings (SSSR count). The molecule has 0 spiro atoms. The maximum Gasteiger partial charge on any atom is 0.109 e. The van der Waals surface area contributed by atoms with Gasteiger partial charge in [-0.1, -0.05) is 57.8 Å². The van der Waals surface area contributed by atoms with Gasteiger partial charge in [0.25, 0.3) is 0 Å². The highest BCUT2D eigenvalue weighted by Gasteiger charge is 2.47. The molecule has 6 nitrogen and oxygen atoms in total. The Labute approximate surface area is 152 Å². The predicted octanol–water partition coefficient (Wildman–Crippen LogP) is 0.666. The molecular weight excluding hydrogens is 320 g/mol. The van der Waals surface area contributed by atoms with Crippen molar-refractivity contribution in [2.45, 2.75) is 101 Å². The van der Waals surface area contributed by atoms with Crippen molar-refractivity contribution in [3.63, 3.8) is 0 Å². The largest absolute Gasteiger partial charge is 0.394 e. The van der Waals surface area contributed by atoms with Gasteiger partial charge in [0.05, 0.1) is 18.2 Å². The summed E-state index contributed by atoms with van der Waals surface area (Å²) in [6.45, 7) is 0.280. The van der Waals surface area contributed by atoms with Crippen molar-refractivity contribution in [3.8, 4) is 0 Å². The summed E-state index contributed by atoms with van der Waals surface area (Å²) in [7, 11) is 0. The first-order valence-electron chi connectivity index (χ1n) is 10.2. The number of rotatable bonds is 4. The van der Waals surface area contributed by atoms with Gasteiger partial charge >= 0.3 is 0 Å². The molecule has 1 saturated heterocycles. The van der Waals surface area contributed by atoms with Gasteiger partial charge < -0.3 is 31.1 Å². The first kappa shape index (κ1) is 21.1. The second-order valence-corrected chi connectivity index (χ2v) is 8.04. The van der Waals surface area contributed by atoms with Crippen LogP contribution in [0, 0.1) is 0 Å². The first-order valence-corrected chi connectivity index (χ1v) is 10.2. The molecule has 6 heteroatoms. The van der Waals surface area contributed by atoms with Crippen LogP contribution in [0.5, 0.6) is 0 Å². The summed E-state index contributed by atoms with van der Waals surface area (Å²) in [4.78, 5) is 0. The van der Waals surface area contributed by atoms with Crippen molar-refractivity contribution in [2.75, 3.05) is 19.7 Å². The number of hydrogen-bond acceptors (Lipinski definition) is 6. The van der Waals surface area contributed by atoms with Gasteiger partial charge in [0.1, 0.15) is 12.2 Å². The number of piperidine rings is 1. The maximum absolute atomic E-state index is 10.4. The number of aliphatic hydroxyl groups excluding tert-OH is 4. The van der Waals surface area contributed by atoms with Crippen LogP contribution in [-0.4, -0.2) is 70.0 Å². The molecule has 4 unspecified atom stereocenters. The SMILES string of the molecule is OCC1(CNC2CCCCCCCCCCC2)NCC(O)C(O)C1O. The molecule has 0 aromatic heterocycles. The monoisotopic (exact) mass is 358 g/mol. The normalized spacial score (nSPS) is 37.2. The summed E-state index contributed by atoms with van der Waals surface area (Å²) >= 11 is 0. The van der Waals surface area contributed by atoms with Gasteiger partial charge in [0.15, 0.2) is 0 Å². The summed E-state index contributed by atoms with van der Waals surface area (Å²) < 4.78 is 0. The zero-order valence-corrected chi connectivity index (χ0v) is 15.5. The van der Waals surface area contributed by atoms with Crippen LogP contribution in [0.25, 0.3) is 0 Å². The summed E-state index contributed by atoms with van der Waals surface area (Å²) in [5, 5.41) is 46.5. The fourth-order valence-corrected chi connectivity index (χ4v) is 4.14. The van der Waals surface area contributed by atoms with Crippen molar-refractivity contribution in [1.82, 2.24) is 10.6 Å². The minimum absolute atomic E-state index is 0.172. The van der Waals surface area contributed by atoms with Crippen molar-refractivity contribution < 1.29 is 20.4 Å². The van der Waals surface area contributed by atoms with E-state index >= 15 is 0 Å². The lowest BCUT2D eigenvalue weighted by Gasteiger charge is -2.46. The topological polar surface area (TPSA) is 105 Å². The highest BCUT2D eigenvalue weighted by Crippen LogP contribution is 2.22. The van der Waals surface area contributed by atoms with Crippen LogP contribution in [0.1, 0.15) is 70.6 Å². The Morgan fingerprint density at radius 2 is 1.36 bits per heavy atom. The van der Waals surface area contributed by atoms with E-state index < -0.39 is 23.9 Å². The van der Waals surface area contributed by atoms with E-state index in [-0.39, 0.29) is 13.2 Å². The number of aliphatic hydroxyl groups is 4. The average Bonchev–Trinajstić information content (AvgIpc) is 2.61. The molecule has 2 aliphatic rings. The number of β-amino-alcohol motifs (C(OH)–C–C–N with tert-alkyl or cyclic N) is 1. The second-order valence-electron chi connectivity index (χ2n) is 8.04. The van der Waals surface area contributed by atoms with E-state index in [4.69, 9.17) is 0 Å². The van der Waals surface area contributed by atoms with Crippen molar-refractivity contribution >= 4 is 0 Å². The van der Waals surface area contributed by atoms with Crippen molar-refractivity contribution in [3.05, 3.63) is 0 Å². The van der Waals surface area contributed by atoms with Gasteiger partial charge in [-0.2, -0.15) is 0 Å². The first-order chi connectivity index (χ1) is 12.1. The zero-order chi connectivity index (χ0) is 18.1. The fourth-order valence-electron chi connectivity index (χ4n) is 4.14. The van der Waals surface area contributed by atoms with Crippen molar-refractivity contribution in [2.24, 2.45) is 0 Å². The van der Waals surface area contributed by atoms with Gasteiger partial charge in [0.2, 0.25) is 0 Å². The lowest BCUT2D eigenvalue weighted by Crippen LogP contribution is -2.73. The summed E-state index contributed by atoms with van der Waals surface area (Å²) in [5.74, 6) is 0. The van der Waals surface area contributed by atoms with Crippen LogP contribution in [0.15, 0.2) is 0 Å². The Morgan fingerprint density at radius 3 is 1.88 bits per heavy atom. The smallest absolute Gasteiger partial charge is 0.109 e.